The van der Waals surface area contributed by atoms with Gasteiger partial charge in [-0.25, -0.2) is 0 Å². The molecule has 110 valence electrons. The molecule has 1 aliphatic heterocycles. The van der Waals surface area contributed by atoms with Crippen LogP contribution in [-0.4, -0.2) is 29.9 Å². The minimum absolute atomic E-state index is 0.0861. The minimum atomic E-state index is 0.0861. The monoisotopic (exact) mass is 294 g/mol. The zero-order valence-electron chi connectivity index (χ0n) is 12.4. The largest absolute Gasteiger partial charge is 0.384 e. The Labute approximate surface area is 126 Å². The SMILES string of the molecule is CCCNc1ccc(Cl)cc1C(=O)N1CC(C)CC1C. The lowest BCUT2D eigenvalue weighted by atomic mass is 10.1. The van der Waals surface area contributed by atoms with Crippen LogP contribution in [0, 0.1) is 5.92 Å². The summed E-state index contributed by atoms with van der Waals surface area (Å²) in [5.74, 6) is 0.656. The molecule has 1 fully saturated rings. The zero-order chi connectivity index (χ0) is 14.7. The number of carbonyl (C=O) groups is 1. The van der Waals surface area contributed by atoms with E-state index in [1.54, 1.807) is 6.07 Å². The fourth-order valence-electron chi connectivity index (χ4n) is 2.84. The van der Waals surface area contributed by atoms with E-state index in [0.717, 1.165) is 31.6 Å². The van der Waals surface area contributed by atoms with E-state index in [2.05, 4.69) is 26.1 Å². The molecule has 4 heteroatoms. The lowest BCUT2D eigenvalue weighted by Crippen LogP contribution is -2.34. The van der Waals surface area contributed by atoms with E-state index in [-0.39, 0.29) is 5.91 Å². The second-order valence-corrected chi connectivity index (χ2v) is 6.20. The molecule has 0 spiro atoms. The van der Waals surface area contributed by atoms with E-state index in [4.69, 9.17) is 11.6 Å². The number of nitrogens with zero attached hydrogens (tertiary/aromatic N) is 1. The maximum atomic E-state index is 12.8. The topological polar surface area (TPSA) is 32.3 Å². The summed E-state index contributed by atoms with van der Waals surface area (Å²) in [5, 5.41) is 3.92. The van der Waals surface area contributed by atoms with E-state index < -0.39 is 0 Å². The van der Waals surface area contributed by atoms with Gasteiger partial charge < -0.3 is 10.2 Å². The third-order valence-corrected chi connectivity index (χ3v) is 4.06. The van der Waals surface area contributed by atoms with E-state index in [1.165, 1.54) is 0 Å². The summed E-state index contributed by atoms with van der Waals surface area (Å²) >= 11 is 6.07. The van der Waals surface area contributed by atoms with Crippen LogP contribution in [0.3, 0.4) is 0 Å². The number of anilines is 1. The molecule has 0 bridgehead atoms. The molecule has 2 atom stereocenters. The highest BCUT2D eigenvalue weighted by Crippen LogP contribution is 2.28. The van der Waals surface area contributed by atoms with Crippen molar-refractivity contribution in [3.05, 3.63) is 28.8 Å². The Morgan fingerprint density at radius 2 is 2.20 bits per heavy atom. The number of hydrogen-bond donors (Lipinski definition) is 1. The molecule has 1 aromatic rings. The first-order valence-electron chi connectivity index (χ1n) is 7.37. The van der Waals surface area contributed by atoms with Gasteiger partial charge in [0.2, 0.25) is 0 Å². The predicted molar refractivity (Wildman–Crippen MR) is 84.5 cm³/mol. The smallest absolute Gasteiger partial charge is 0.256 e. The highest BCUT2D eigenvalue weighted by Gasteiger charge is 2.31. The first-order chi connectivity index (χ1) is 9.52. The van der Waals surface area contributed by atoms with Crippen LogP contribution in [0.5, 0.6) is 0 Å². The van der Waals surface area contributed by atoms with Crippen molar-refractivity contribution in [2.75, 3.05) is 18.4 Å². The number of benzene rings is 1. The van der Waals surface area contributed by atoms with Gasteiger partial charge in [0.25, 0.3) is 5.91 Å². The maximum Gasteiger partial charge on any atom is 0.256 e. The summed E-state index contributed by atoms with van der Waals surface area (Å²) in [6.07, 6.45) is 2.09. The Hall–Kier alpha value is -1.22. The van der Waals surface area contributed by atoms with Gasteiger partial charge in [0.15, 0.2) is 0 Å². The van der Waals surface area contributed by atoms with Crippen molar-refractivity contribution in [3.63, 3.8) is 0 Å². The first kappa shape index (κ1) is 15.2. The Kier molecular flexibility index (Phi) is 4.92. The van der Waals surface area contributed by atoms with Gasteiger partial charge in [-0.05, 0) is 43.9 Å². The van der Waals surface area contributed by atoms with Crippen LogP contribution in [0.25, 0.3) is 0 Å². The van der Waals surface area contributed by atoms with E-state index >= 15 is 0 Å². The lowest BCUT2D eigenvalue weighted by molar-refractivity contribution is 0.0744. The van der Waals surface area contributed by atoms with Crippen molar-refractivity contribution >= 4 is 23.2 Å². The Morgan fingerprint density at radius 1 is 1.45 bits per heavy atom. The van der Waals surface area contributed by atoms with Crippen LogP contribution in [0.1, 0.15) is 44.0 Å². The van der Waals surface area contributed by atoms with Crippen molar-refractivity contribution in [1.82, 2.24) is 4.90 Å². The molecule has 0 aromatic heterocycles. The van der Waals surface area contributed by atoms with Gasteiger partial charge in [-0.3, -0.25) is 4.79 Å². The third kappa shape index (κ3) is 3.26. The maximum absolute atomic E-state index is 12.8. The number of nitrogens with one attached hydrogen (secondary N) is 1. The molecule has 1 aliphatic rings. The van der Waals surface area contributed by atoms with Gasteiger partial charge in [-0.2, -0.15) is 0 Å². The highest BCUT2D eigenvalue weighted by molar-refractivity contribution is 6.31. The molecule has 1 saturated heterocycles. The number of carbonyl (C=O) groups excluding carboxylic acids is 1. The molecule has 2 unspecified atom stereocenters. The van der Waals surface area contributed by atoms with Crippen molar-refractivity contribution in [2.24, 2.45) is 5.92 Å². The molecule has 3 nitrogen and oxygen atoms in total. The van der Waals surface area contributed by atoms with Gasteiger partial charge >= 0.3 is 0 Å². The molecule has 0 radical (unpaired) electrons. The molecule has 1 heterocycles. The Morgan fingerprint density at radius 3 is 2.80 bits per heavy atom. The second kappa shape index (κ2) is 6.49. The average Bonchev–Trinajstić information content (AvgIpc) is 2.75. The molecule has 1 aromatic carbocycles. The van der Waals surface area contributed by atoms with Gasteiger partial charge in [0, 0.05) is 29.8 Å². The molecule has 2 rings (SSSR count). The van der Waals surface area contributed by atoms with Crippen LogP contribution in [0.2, 0.25) is 5.02 Å². The van der Waals surface area contributed by atoms with Crippen molar-refractivity contribution in [1.29, 1.82) is 0 Å². The summed E-state index contributed by atoms with van der Waals surface area (Å²) in [6.45, 7) is 8.10. The predicted octanol–water partition coefficient (Wildman–Crippen LogP) is 4.03. The summed E-state index contributed by atoms with van der Waals surface area (Å²) in [6, 6.07) is 5.80. The molecular formula is C16H23ClN2O. The number of hydrogen-bond acceptors (Lipinski definition) is 2. The fraction of sp³-hybridized carbons (Fsp3) is 0.562. The molecule has 1 N–H and O–H groups in total. The zero-order valence-corrected chi connectivity index (χ0v) is 13.2. The number of rotatable bonds is 4. The standard InChI is InChI=1S/C16H23ClN2O/c1-4-7-18-15-6-5-13(17)9-14(15)16(20)19-10-11(2)8-12(19)3/h5-6,9,11-12,18H,4,7-8,10H2,1-3H3. The van der Waals surface area contributed by atoms with Crippen LogP contribution >= 0.6 is 11.6 Å². The van der Waals surface area contributed by atoms with E-state index in [1.807, 2.05) is 17.0 Å². The lowest BCUT2D eigenvalue weighted by Gasteiger charge is -2.23. The fourth-order valence-corrected chi connectivity index (χ4v) is 3.02. The average molecular weight is 295 g/mol. The van der Waals surface area contributed by atoms with Gasteiger partial charge in [-0.15, -0.1) is 0 Å². The van der Waals surface area contributed by atoms with E-state index in [0.29, 0.717) is 22.5 Å². The molecular weight excluding hydrogens is 272 g/mol. The molecule has 20 heavy (non-hydrogen) atoms. The van der Waals surface area contributed by atoms with Gasteiger partial charge in [0.1, 0.15) is 0 Å². The number of halogens is 1. The summed E-state index contributed by atoms with van der Waals surface area (Å²) in [4.78, 5) is 14.7. The first-order valence-corrected chi connectivity index (χ1v) is 7.75. The Balaban J connectivity index is 2.26. The Bertz CT molecular complexity index is 489. The molecule has 0 saturated carbocycles. The summed E-state index contributed by atoms with van der Waals surface area (Å²) in [5.41, 5.74) is 1.57. The summed E-state index contributed by atoms with van der Waals surface area (Å²) < 4.78 is 0. The minimum Gasteiger partial charge on any atom is -0.384 e. The van der Waals surface area contributed by atoms with Crippen LogP contribution in [-0.2, 0) is 0 Å². The van der Waals surface area contributed by atoms with Crippen molar-refractivity contribution in [2.45, 2.75) is 39.7 Å². The van der Waals surface area contributed by atoms with Crippen LogP contribution in [0.15, 0.2) is 18.2 Å². The summed E-state index contributed by atoms with van der Waals surface area (Å²) in [7, 11) is 0. The van der Waals surface area contributed by atoms with Crippen LogP contribution < -0.4 is 5.32 Å². The van der Waals surface area contributed by atoms with Crippen LogP contribution in [0.4, 0.5) is 5.69 Å². The normalized spacial score (nSPS) is 22.1. The third-order valence-electron chi connectivity index (χ3n) is 3.82. The van der Waals surface area contributed by atoms with Gasteiger partial charge in [0.05, 0.1) is 5.56 Å². The molecule has 1 amide bonds. The number of amides is 1. The van der Waals surface area contributed by atoms with E-state index in [9.17, 15) is 4.79 Å². The molecule has 0 aliphatic carbocycles. The highest BCUT2D eigenvalue weighted by atomic mass is 35.5. The second-order valence-electron chi connectivity index (χ2n) is 5.76. The number of likely N-dealkylation sites (tertiary alicyclic amines) is 1. The van der Waals surface area contributed by atoms with Crippen molar-refractivity contribution in [3.8, 4) is 0 Å². The van der Waals surface area contributed by atoms with Gasteiger partial charge in [-0.1, -0.05) is 25.4 Å². The van der Waals surface area contributed by atoms with Crippen molar-refractivity contribution < 1.29 is 4.79 Å². The quantitative estimate of drug-likeness (QED) is 0.909.